The quantitative estimate of drug-likeness (QED) is 0.790. The van der Waals surface area contributed by atoms with Crippen molar-refractivity contribution < 1.29 is 4.52 Å². The molecule has 0 aliphatic rings. The summed E-state index contributed by atoms with van der Waals surface area (Å²) in [5.74, 6) is 0.590. The molecule has 2 aromatic rings. The fraction of sp³-hybridized carbons (Fsp3) is 0.286. The maximum atomic E-state index is 8.83. The second-order valence-electron chi connectivity index (χ2n) is 5.11. The highest BCUT2D eigenvalue weighted by Gasteiger charge is 2.17. The molecule has 4 heteroatoms. The second kappa shape index (κ2) is 4.58. The molecule has 0 unspecified atom stereocenters. The lowest BCUT2D eigenvalue weighted by atomic mass is 9.86. The van der Waals surface area contributed by atoms with E-state index in [1.165, 1.54) is 5.56 Å². The van der Waals surface area contributed by atoms with E-state index in [2.05, 4.69) is 54.0 Å². The number of rotatable bonds is 1. The minimum absolute atomic E-state index is 0.120. The molecule has 92 valence electrons. The predicted molar refractivity (Wildman–Crippen MR) is 73.1 cm³/mol. The van der Waals surface area contributed by atoms with Crippen LogP contribution >= 0.6 is 15.9 Å². The third kappa shape index (κ3) is 2.32. The summed E-state index contributed by atoms with van der Waals surface area (Å²) in [6.45, 7) is 6.50. The number of benzene rings is 1. The average molecular weight is 305 g/mol. The van der Waals surface area contributed by atoms with Gasteiger partial charge in [-0.25, -0.2) is 0 Å². The Morgan fingerprint density at radius 2 is 1.83 bits per heavy atom. The standard InChI is InChI=1S/C14H13BrN2O/c1-14(2,3)10-6-4-9(5-7-10)13-12(15)11(8-16)17-18-13/h4-7H,1-3H3. The van der Waals surface area contributed by atoms with Crippen molar-refractivity contribution in [2.75, 3.05) is 0 Å². The highest BCUT2D eigenvalue weighted by molar-refractivity contribution is 9.10. The van der Waals surface area contributed by atoms with Crippen LogP contribution in [0.1, 0.15) is 32.0 Å². The lowest BCUT2D eigenvalue weighted by Crippen LogP contribution is -2.10. The van der Waals surface area contributed by atoms with Gasteiger partial charge in [-0.05, 0) is 26.9 Å². The first-order chi connectivity index (χ1) is 8.43. The van der Waals surface area contributed by atoms with E-state index in [9.17, 15) is 0 Å². The van der Waals surface area contributed by atoms with Crippen LogP contribution in [0.2, 0.25) is 0 Å². The van der Waals surface area contributed by atoms with E-state index in [-0.39, 0.29) is 11.1 Å². The van der Waals surface area contributed by atoms with Gasteiger partial charge in [-0.1, -0.05) is 50.2 Å². The van der Waals surface area contributed by atoms with Crippen molar-refractivity contribution in [3.63, 3.8) is 0 Å². The summed E-state index contributed by atoms with van der Waals surface area (Å²) in [6.07, 6.45) is 0. The zero-order chi connectivity index (χ0) is 13.3. The van der Waals surface area contributed by atoms with E-state index < -0.39 is 0 Å². The molecule has 0 saturated heterocycles. The van der Waals surface area contributed by atoms with Crippen molar-refractivity contribution >= 4 is 15.9 Å². The van der Waals surface area contributed by atoms with Gasteiger partial charge in [0.2, 0.25) is 0 Å². The number of hydrogen-bond donors (Lipinski definition) is 0. The Morgan fingerprint density at radius 3 is 2.28 bits per heavy atom. The summed E-state index contributed by atoms with van der Waals surface area (Å²) in [7, 11) is 0. The first-order valence-corrected chi connectivity index (χ1v) is 6.39. The van der Waals surface area contributed by atoms with E-state index >= 15 is 0 Å². The molecule has 0 atom stereocenters. The van der Waals surface area contributed by atoms with Gasteiger partial charge in [-0.2, -0.15) is 5.26 Å². The summed E-state index contributed by atoms with van der Waals surface area (Å²) < 4.78 is 5.78. The average Bonchev–Trinajstić information content (AvgIpc) is 2.69. The molecule has 0 fully saturated rings. The van der Waals surface area contributed by atoms with Crippen LogP contribution in [0.4, 0.5) is 0 Å². The fourth-order valence-electron chi connectivity index (χ4n) is 1.65. The smallest absolute Gasteiger partial charge is 0.198 e. The number of hydrogen-bond acceptors (Lipinski definition) is 3. The maximum Gasteiger partial charge on any atom is 0.198 e. The van der Waals surface area contributed by atoms with Crippen molar-refractivity contribution in [2.45, 2.75) is 26.2 Å². The molecule has 18 heavy (non-hydrogen) atoms. The molecule has 1 aromatic carbocycles. The zero-order valence-electron chi connectivity index (χ0n) is 10.5. The molecule has 3 nitrogen and oxygen atoms in total. The van der Waals surface area contributed by atoms with Gasteiger partial charge in [0, 0.05) is 5.56 Å². The van der Waals surface area contributed by atoms with Crippen molar-refractivity contribution in [1.29, 1.82) is 5.26 Å². The Balaban J connectivity index is 2.41. The largest absolute Gasteiger partial charge is 0.354 e. The van der Waals surface area contributed by atoms with Gasteiger partial charge in [-0.3, -0.25) is 0 Å². The lowest BCUT2D eigenvalue weighted by molar-refractivity contribution is 0.429. The summed E-state index contributed by atoms with van der Waals surface area (Å²) >= 11 is 3.33. The van der Waals surface area contributed by atoms with Crippen molar-refractivity contribution in [3.8, 4) is 17.4 Å². The molecule has 0 radical (unpaired) electrons. The molecule has 1 heterocycles. The predicted octanol–water partition coefficient (Wildman–Crippen LogP) is 4.27. The van der Waals surface area contributed by atoms with Crippen LogP contribution in [0.3, 0.4) is 0 Å². The van der Waals surface area contributed by atoms with Crippen molar-refractivity contribution in [2.24, 2.45) is 0 Å². The molecule has 0 saturated carbocycles. The molecule has 0 bridgehead atoms. The molecule has 0 N–H and O–H groups in total. The number of aromatic nitrogens is 1. The fourth-order valence-corrected chi connectivity index (χ4v) is 2.11. The minimum atomic E-state index is 0.120. The molecule has 0 amide bonds. The van der Waals surface area contributed by atoms with E-state index in [0.29, 0.717) is 10.2 Å². The number of halogens is 1. The van der Waals surface area contributed by atoms with Crippen molar-refractivity contribution in [3.05, 3.63) is 40.0 Å². The summed E-state index contributed by atoms with van der Waals surface area (Å²) in [6, 6.07) is 10.1. The minimum Gasteiger partial charge on any atom is -0.354 e. The first kappa shape index (κ1) is 12.8. The van der Waals surface area contributed by atoms with E-state index in [1.807, 2.05) is 18.2 Å². The van der Waals surface area contributed by atoms with Gasteiger partial charge in [0.1, 0.15) is 10.5 Å². The molecule has 0 aliphatic carbocycles. The summed E-state index contributed by atoms with van der Waals surface area (Å²) in [5, 5.41) is 12.5. The normalized spacial score (nSPS) is 11.3. The van der Waals surface area contributed by atoms with Crippen LogP contribution in [0.25, 0.3) is 11.3 Å². The molecule has 1 aromatic heterocycles. The maximum absolute atomic E-state index is 8.83. The number of nitrogens with zero attached hydrogens (tertiary/aromatic N) is 2. The SMILES string of the molecule is CC(C)(C)c1ccc(-c2onc(C#N)c2Br)cc1. The Morgan fingerprint density at radius 1 is 1.22 bits per heavy atom. The number of nitriles is 1. The van der Waals surface area contributed by atoms with Crippen LogP contribution in [0, 0.1) is 11.3 Å². The van der Waals surface area contributed by atoms with Gasteiger partial charge >= 0.3 is 0 Å². The molecule has 2 rings (SSSR count). The van der Waals surface area contributed by atoms with Crippen LogP contribution in [-0.2, 0) is 5.41 Å². The van der Waals surface area contributed by atoms with E-state index in [4.69, 9.17) is 9.78 Å². The monoisotopic (exact) mass is 304 g/mol. The second-order valence-corrected chi connectivity index (χ2v) is 5.91. The Bertz CT molecular complexity index is 600. The molecular formula is C14H13BrN2O. The van der Waals surface area contributed by atoms with Crippen LogP contribution in [0.5, 0.6) is 0 Å². The molecule has 0 aliphatic heterocycles. The topological polar surface area (TPSA) is 49.8 Å². The lowest BCUT2D eigenvalue weighted by Gasteiger charge is -2.18. The molecule has 0 spiro atoms. The third-order valence-corrected chi connectivity index (χ3v) is 3.49. The van der Waals surface area contributed by atoms with Crippen LogP contribution in [-0.4, -0.2) is 5.16 Å². The Kier molecular flexibility index (Phi) is 3.27. The van der Waals surface area contributed by atoms with Crippen LogP contribution in [0.15, 0.2) is 33.3 Å². The van der Waals surface area contributed by atoms with Gasteiger partial charge < -0.3 is 4.52 Å². The third-order valence-electron chi connectivity index (χ3n) is 2.75. The summed E-state index contributed by atoms with van der Waals surface area (Å²) in [5.41, 5.74) is 2.55. The summed E-state index contributed by atoms with van der Waals surface area (Å²) in [4.78, 5) is 0. The Hall–Kier alpha value is -1.60. The highest BCUT2D eigenvalue weighted by atomic mass is 79.9. The van der Waals surface area contributed by atoms with Crippen molar-refractivity contribution in [1.82, 2.24) is 5.16 Å². The van der Waals surface area contributed by atoms with E-state index in [0.717, 1.165) is 5.56 Å². The van der Waals surface area contributed by atoms with E-state index in [1.54, 1.807) is 0 Å². The Labute approximate surface area is 115 Å². The highest BCUT2D eigenvalue weighted by Crippen LogP contribution is 2.32. The first-order valence-electron chi connectivity index (χ1n) is 5.59. The van der Waals surface area contributed by atoms with Gasteiger partial charge in [0.15, 0.2) is 11.5 Å². The van der Waals surface area contributed by atoms with Gasteiger partial charge in [0.05, 0.1) is 0 Å². The van der Waals surface area contributed by atoms with Gasteiger partial charge in [0.25, 0.3) is 0 Å². The zero-order valence-corrected chi connectivity index (χ0v) is 12.1. The van der Waals surface area contributed by atoms with Crippen LogP contribution < -0.4 is 0 Å². The molecular weight excluding hydrogens is 292 g/mol. The van der Waals surface area contributed by atoms with Gasteiger partial charge in [-0.15, -0.1) is 0 Å².